The Morgan fingerprint density at radius 2 is 1.79 bits per heavy atom. The zero-order chi connectivity index (χ0) is 17.1. The molecule has 7 heteroatoms. The van der Waals surface area contributed by atoms with Gasteiger partial charge in [0.05, 0.1) is 0 Å². The van der Waals surface area contributed by atoms with Crippen molar-refractivity contribution in [3.8, 4) is 0 Å². The molecule has 0 atom stereocenters. The van der Waals surface area contributed by atoms with Crippen LogP contribution in [0.4, 0.5) is 11.5 Å². The van der Waals surface area contributed by atoms with E-state index in [0.717, 1.165) is 36.3 Å². The molecule has 0 spiro atoms. The monoisotopic (exact) mass is 389 g/mol. The van der Waals surface area contributed by atoms with Crippen LogP contribution in [0.25, 0.3) is 0 Å². The summed E-state index contributed by atoms with van der Waals surface area (Å²) in [5.74, 6) is 1.17. The van der Waals surface area contributed by atoms with Gasteiger partial charge >= 0.3 is 0 Å². The maximum absolute atomic E-state index is 12.7. The lowest BCUT2D eigenvalue weighted by Crippen LogP contribution is -2.47. The van der Waals surface area contributed by atoms with E-state index in [0.29, 0.717) is 17.3 Å². The zero-order valence-electron chi connectivity index (χ0n) is 13.8. The molecule has 0 bridgehead atoms. The highest BCUT2D eigenvalue weighted by Crippen LogP contribution is 2.19. The molecular weight excluding hydrogens is 370 g/mol. The van der Waals surface area contributed by atoms with Gasteiger partial charge in [0.2, 0.25) is 0 Å². The number of hydrogen-bond donors (Lipinski definition) is 1. The number of rotatable bonds is 3. The van der Waals surface area contributed by atoms with E-state index in [1.807, 2.05) is 29.2 Å². The predicted molar refractivity (Wildman–Crippen MR) is 97.6 cm³/mol. The van der Waals surface area contributed by atoms with Gasteiger partial charge in [-0.05, 0) is 38.2 Å². The maximum atomic E-state index is 12.7. The second-order valence-corrected chi connectivity index (χ2v) is 6.83. The minimum Gasteiger partial charge on any atom is -0.340 e. The number of likely N-dealkylation sites (N-methyl/N-ethyl adjacent to an activating group) is 1. The maximum Gasteiger partial charge on any atom is 0.272 e. The summed E-state index contributed by atoms with van der Waals surface area (Å²) < 4.78 is 1.01. The molecule has 24 heavy (non-hydrogen) atoms. The minimum absolute atomic E-state index is 0.0348. The Bertz CT molecular complexity index is 726. The molecule has 1 N–H and O–H groups in total. The fourth-order valence-electron chi connectivity index (χ4n) is 2.59. The van der Waals surface area contributed by atoms with Gasteiger partial charge in [-0.25, -0.2) is 9.97 Å². The van der Waals surface area contributed by atoms with Gasteiger partial charge in [-0.1, -0.05) is 15.9 Å². The average molecular weight is 390 g/mol. The number of hydrogen-bond acceptors (Lipinski definition) is 5. The number of carbonyl (C=O) groups excluding carboxylic acids is 1. The van der Waals surface area contributed by atoms with Crippen LogP contribution in [0.3, 0.4) is 0 Å². The van der Waals surface area contributed by atoms with Gasteiger partial charge in [-0.15, -0.1) is 0 Å². The van der Waals surface area contributed by atoms with E-state index in [4.69, 9.17) is 0 Å². The Morgan fingerprint density at radius 1 is 1.12 bits per heavy atom. The number of amides is 1. The number of aryl methyl sites for hydroxylation is 1. The second kappa shape index (κ2) is 7.27. The molecule has 6 nitrogen and oxygen atoms in total. The Hall–Kier alpha value is -1.99. The number of aromatic nitrogens is 2. The smallest absolute Gasteiger partial charge is 0.272 e. The molecule has 0 saturated carbocycles. The Kier molecular flexibility index (Phi) is 5.11. The zero-order valence-corrected chi connectivity index (χ0v) is 15.4. The highest BCUT2D eigenvalue weighted by molar-refractivity contribution is 9.10. The lowest BCUT2D eigenvalue weighted by atomic mass is 10.2. The summed E-state index contributed by atoms with van der Waals surface area (Å²) in [7, 11) is 2.07. The van der Waals surface area contributed by atoms with E-state index >= 15 is 0 Å². The summed E-state index contributed by atoms with van der Waals surface area (Å²) >= 11 is 3.41. The molecule has 2 heterocycles. The quantitative estimate of drug-likeness (QED) is 0.873. The Labute approximate surface area is 150 Å². The van der Waals surface area contributed by atoms with Crippen LogP contribution >= 0.6 is 15.9 Å². The number of nitrogens with zero attached hydrogens (tertiary/aromatic N) is 4. The first-order valence-electron chi connectivity index (χ1n) is 7.87. The SMILES string of the molecule is Cc1nc(Nc2ccc(Br)cc2)cc(C(=O)N2CCN(C)CC2)n1. The largest absolute Gasteiger partial charge is 0.340 e. The normalized spacial score (nSPS) is 15.4. The molecule has 0 aliphatic carbocycles. The number of piperazine rings is 1. The van der Waals surface area contributed by atoms with Gasteiger partial charge in [0, 0.05) is 42.4 Å². The summed E-state index contributed by atoms with van der Waals surface area (Å²) in [6, 6.07) is 9.52. The van der Waals surface area contributed by atoms with Crippen molar-refractivity contribution in [3.63, 3.8) is 0 Å². The van der Waals surface area contributed by atoms with Crippen molar-refractivity contribution in [2.75, 3.05) is 38.5 Å². The lowest BCUT2D eigenvalue weighted by molar-refractivity contribution is 0.0658. The number of carbonyl (C=O) groups is 1. The van der Waals surface area contributed by atoms with Crippen LogP contribution in [0.2, 0.25) is 0 Å². The van der Waals surface area contributed by atoms with Gasteiger partial charge in [0.25, 0.3) is 5.91 Å². The summed E-state index contributed by atoms with van der Waals surface area (Å²) in [4.78, 5) is 25.5. The topological polar surface area (TPSA) is 61.4 Å². The van der Waals surface area contributed by atoms with Crippen molar-refractivity contribution in [3.05, 3.63) is 46.3 Å². The average Bonchev–Trinajstić information content (AvgIpc) is 2.56. The molecule has 1 aromatic carbocycles. The van der Waals surface area contributed by atoms with Crippen molar-refractivity contribution in [1.29, 1.82) is 0 Å². The van der Waals surface area contributed by atoms with Crippen LogP contribution in [-0.4, -0.2) is 58.9 Å². The van der Waals surface area contributed by atoms with Gasteiger partial charge in [0.1, 0.15) is 17.3 Å². The van der Waals surface area contributed by atoms with E-state index < -0.39 is 0 Å². The minimum atomic E-state index is -0.0348. The van der Waals surface area contributed by atoms with E-state index in [2.05, 4.69) is 43.2 Å². The van der Waals surface area contributed by atoms with Gasteiger partial charge in [0.15, 0.2) is 0 Å². The van der Waals surface area contributed by atoms with Crippen LogP contribution in [0.15, 0.2) is 34.8 Å². The first kappa shape index (κ1) is 16.9. The van der Waals surface area contributed by atoms with Crippen LogP contribution in [0, 0.1) is 6.92 Å². The number of anilines is 2. The van der Waals surface area contributed by atoms with Crippen LogP contribution in [-0.2, 0) is 0 Å². The summed E-state index contributed by atoms with van der Waals surface area (Å²) in [5, 5.41) is 3.23. The lowest BCUT2D eigenvalue weighted by Gasteiger charge is -2.32. The second-order valence-electron chi connectivity index (χ2n) is 5.91. The van der Waals surface area contributed by atoms with Crippen molar-refractivity contribution >= 4 is 33.3 Å². The molecular formula is C17H20BrN5O. The first-order valence-corrected chi connectivity index (χ1v) is 8.66. The summed E-state index contributed by atoms with van der Waals surface area (Å²) in [5.41, 5.74) is 1.35. The number of nitrogens with one attached hydrogen (secondary N) is 1. The van der Waals surface area contributed by atoms with E-state index in [-0.39, 0.29) is 5.91 Å². The van der Waals surface area contributed by atoms with Crippen LogP contribution < -0.4 is 5.32 Å². The standard InChI is InChI=1S/C17H20BrN5O/c1-12-19-15(17(24)23-9-7-22(2)8-10-23)11-16(20-12)21-14-5-3-13(18)4-6-14/h3-6,11H,7-10H2,1-2H3,(H,19,20,21). The highest BCUT2D eigenvalue weighted by atomic mass is 79.9. The molecule has 126 valence electrons. The summed E-state index contributed by atoms with van der Waals surface area (Å²) in [6.07, 6.45) is 0. The third-order valence-electron chi connectivity index (χ3n) is 3.96. The van der Waals surface area contributed by atoms with E-state index in [9.17, 15) is 4.79 Å². The molecule has 1 aromatic heterocycles. The molecule has 1 aliphatic rings. The predicted octanol–water partition coefficient (Wildman–Crippen LogP) is 2.68. The number of benzene rings is 1. The third-order valence-corrected chi connectivity index (χ3v) is 4.49. The molecule has 0 radical (unpaired) electrons. The molecule has 3 rings (SSSR count). The molecule has 1 fully saturated rings. The van der Waals surface area contributed by atoms with Crippen LogP contribution in [0.1, 0.15) is 16.3 Å². The van der Waals surface area contributed by atoms with Crippen molar-refractivity contribution < 1.29 is 4.79 Å². The van der Waals surface area contributed by atoms with Crippen molar-refractivity contribution in [1.82, 2.24) is 19.8 Å². The molecule has 1 aliphatic heterocycles. The third kappa shape index (κ3) is 4.10. The molecule has 1 amide bonds. The highest BCUT2D eigenvalue weighted by Gasteiger charge is 2.22. The molecule has 1 saturated heterocycles. The fourth-order valence-corrected chi connectivity index (χ4v) is 2.86. The fraction of sp³-hybridized carbons (Fsp3) is 0.353. The number of halogens is 1. The Balaban J connectivity index is 1.78. The van der Waals surface area contributed by atoms with Gasteiger partial charge in [-0.3, -0.25) is 4.79 Å². The van der Waals surface area contributed by atoms with Crippen LogP contribution in [0.5, 0.6) is 0 Å². The first-order chi connectivity index (χ1) is 11.5. The summed E-state index contributed by atoms with van der Waals surface area (Å²) in [6.45, 7) is 5.04. The van der Waals surface area contributed by atoms with Crippen molar-refractivity contribution in [2.24, 2.45) is 0 Å². The van der Waals surface area contributed by atoms with E-state index in [1.165, 1.54) is 0 Å². The Morgan fingerprint density at radius 3 is 2.46 bits per heavy atom. The van der Waals surface area contributed by atoms with Gasteiger partial charge in [-0.2, -0.15) is 0 Å². The van der Waals surface area contributed by atoms with E-state index in [1.54, 1.807) is 13.0 Å². The van der Waals surface area contributed by atoms with Crippen molar-refractivity contribution in [2.45, 2.75) is 6.92 Å². The molecule has 2 aromatic rings. The molecule has 0 unspecified atom stereocenters. The van der Waals surface area contributed by atoms with Gasteiger partial charge < -0.3 is 15.1 Å².